The summed E-state index contributed by atoms with van der Waals surface area (Å²) in [4.78, 5) is 1.98. The maximum Gasteiger partial charge on any atom is 0.315 e. The molecule has 1 aliphatic rings. The van der Waals surface area contributed by atoms with Gasteiger partial charge in [0, 0.05) is 24.2 Å². The predicted molar refractivity (Wildman–Crippen MR) is 86.0 cm³/mol. The van der Waals surface area contributed by atoms with Crippen LogP contribution in [0.3, 0.4) is 0 Å². The SMILES string of the molecule is CC(C)(O)C(C)(C)OBc1c(F)cc(N2CCCC2)cc1F. The molecule has 0 amide bonds. The number of hydrogen-bond donors (Lipinski definition) is 1. The number of halogens is 2. The van der Waals surface area contributed by atoms with E-state index in [9.17, 15) is 13.9 Å². The van der Waals surface area contributed by atoms with Crippen LogP contribution in [0.2, 0.25) is 0 Å². The molecular weight excluding hydrogens is 287 g/mol. The molecule has 0 atom stereocenters. The largest absolute Gasteiger partial charge is 0.427 e. The summed E-state index contributed by atoms with van der Waals surface area (Å²) in [6.07, 6.45) is 2.10. The first-order valence-electron chi connectivity index (χ1n) is 7.71. The van der Waals surface area contributed by atoms with Crippen molar-refractivity contribution < 1.29 is 18.5 Å². The average Bonchev–Trinajstić information content (AvgIpc) is 2.89. The fourth-order valence-electron chi connectivity index (χ4n) is 2.31. The fraction of sp³-hybridized carbons (Fsp3) is 0.625. The third kappa shape index (κ3) is 3.61. The Labute approximate surface area is 131 Å². The first kappa shape index (κ1) is 17.2. The van der Waals surface area contributed by atoms with Crippen LogP contribution in [-0.2, 0) is 4.65 Å². The van der Waals surface area contributed by atoms with Crippen molar-refractivity contribution in [1.82, 2.24) is 0 Å². The first-order valence-corrected chi connectivity index (χ1v) is 7.71. The van der Waals surface area contributed by atoms with Gasteiger partial charge in [0.1, 0.15) is 11.6 Å². The van der Waals surface area contributed by atoms with Crippen molar-refractivity contribution >= 4 is 18.6 Å². The van der Waals surface area contributed by atoms with Crippen LogP contribution < -0.4 is 10.4 Å². The molecule has 0 radical (unpaired) electrons. The van der Waals surface area contributed by atoms with E-state index >= 15 is 0 Å². The molecule has 3 nitrogen and oxygen atoms in total. The topological polar surface area (TPSA) is 32.7 Å². The molecule has 1 heterocycles. The van der Waals surface area contributed by atoms with Gasteiger partial charge in [0.25, 0.3) is 0 Å². The molecule has 1 fully saturated rings. The van der Waals surface area contributed by atoms with E-state index in [4.69, 9.17) is 4.65 Å². The summed E-state index contributed by atoms with van der Waals surface area (Å²) in [5.41, 5.74) is -1.55. The minimum absolute atomic E-state index is 0.0970. The third-order valence-electron chi connectivity index (χ3n) is 4.65. The second-order valence-corrected chi connectivity index (χ2v) is 6.94. The Balaban J connectivity index is 2.15. The van der Waals surface area contributed by atoms with Gasteiger partial charge >= 0.3 is 7.48 Å². The summed E-state index contributed by atoms with van der Waals surface area (Å²) in [6.45, 7) is 8.27. The lowest BCUT2D eigenvalue weighted by Crippen LogP contribution is -2.49. The van der Waals surface area contributed by atoms with Crippen LogP contribution in [0.25, 0.3) is 0 Å². The van der Waals surface area contributed by atoms with Crippen molar-refractivity contribution in [2.24, 2.45) is 0 Å². The first-order chi connectivity index (χ1) is 10.1. The van der Waals surface area contributed by atoms with Crippen molar-refractivity contribution in [3.63, 3.8) is 0 Å². The van der Waals surface area contributed by atoms with Gasteiger partial charge in [0.05, 0.1) is 11.2 Å². The summed E-state index contributed by atoms with van der Waals surface area (Å²) in [7, 11) is -0.213. The Kier molecular flexibility index (Phi) is 4.83. The Morgan fingerprint density at radius 3 is 2.05 bits per heavy atom. The van der Waals surface area contributed by atoms with Gasteiger partial charge in [0.15, 0.2) is 0 Å². The summed E-state index contributed by atoms with van der Waals surface area (Å²) in [6, 6.07) is 2.73. The van der Waals surface area contributed by atoms with E-state index in [-0.39, 0.29) is 12.9 Å². The molecule has 1 N–H and O–H groups in total. The smallest absolute Gasteiger partial charge is 0.315 e. The summed E-state index contributed by atoms with van der Waals surface area (Å²) >= 11 is 0. The molecule has 6 heteroatoms. The molecule has 1 aromatic rings. The Hall–Kier alpha value is -1.14. The molecular formula is C16H24BF2NO2. The highest BCUT2D eigenvalue weighted by Crippen LogP contribution is 2.25. The molecule has 1 aromatic carbocycles. The molecule has 1 saturated heterocycles. The van der Waals surface area contributed by atoms with Crippen LogP contribution in [-0.4, -0.2) is 36.9 Å². The van der Waals surface area contributed by atoms with E-state index in [1.54, 1.807) is 27.7 Å². The number of anilines is 1. The average molecular weight is 311 g/mol. The van der Waals surface area contributed by atoms with Crippen LogP contribution >= 0.6 is 0 Å². The number of aliphatic hydroxyl groups is 1. The van der Waals surface area contributed by atoms with Crippen molar-refractivity contribution in [2.75, 3.05) is 18.0 Å². The van der Waals surface area contributed by atoms with Crippen LogP contribution in [0, 0.1) is 11.6 Å². The van der Waals surface area contributed by atoms with Gasteiger partial charge in [-0.3, -0.25) is 0 Å². The van der Waals surface area contributed by atoms with Crippen molar-refractivity contribution in [3.05, 3.63) is 23.8 Å². The number of benzene rings is 1. The number of hydrogen-bond acceptors (Lipinski definition) is 3. The summed E-state index contributed by atoms with van der Waals surface area (Å²) < 4.78 is 34.0. The highest BCUT2D eigenvalue weighted by molar-refractivity contribution is 6.47. The zero-order valence-electron chi connectivity index (χ0n) is 13.7. The second-order valence-electron chi connectivity index (χ2n) is 6.94. The molecule has 0 aliphatic carbocycles. The van der Waals surface area contributed by atoms with Crippen molar-refractivity contribution in [2.45, 2.75) is 51.7 Å². The Bertz CT molecular complexity index is 514. The van der Waals surface area contributed by atoms with Gasteiger partial charge in [-0.15, -0.1) is 0 Å². The van der Waals surface area contributed by atoms with Crippen LogP contribution in [0.15, 0.2) is 12.1 Å². The molecule has 0 aromatic heterocycles. The lowest BCUT2D eigenvalue weighted by molar-refractivity contribution is -0.0894. The zero-order chi connectivity index (χ0) is 16.5. The molecule has 0 saturated carbocycles. The second kappa shape index (κ2) is 6.16. The molecule has 0 spiro atoms. The monoisotopic (exact) mass is 311 g/mol. The summed E-state index contributed by atoms with van der Waals surface area (Å²) in [5, 5.41) is 10.0. The van der Waals surface area contributed by atoms with Gasteiger partial charge in [-0.25, -0.2) is 8.78 Å². The molecule has 122 valence electrons. The van der Waals surface area contributed by atoms with E-state index in [1.807, 2.05) is 4.90 Å². The Morgan fingerprint density at radius 1 is 1.09 bits per heavy atom. The molecule has 1 aliphatic heterocycles. The van der Waals surface area contributed by atoms with Crippen LogP contribution in [0.4, 0.5) is 14.5 Å². The quantitative estimate of drug-likeness (QED) is 0.846. The van der Waals surface area contributed by atoms with Crippen LogP contribution in [0.5, 0.6) is 0 Å². The van der Waals surface area contributed by atoms with E-state index in [0.29, 0.717) is 5.69 Å². The highest BCUT2D eigenvalue weighted by Gasteiger charge is 2.36. The van der Waals surface area contributed by atoms with Gasteiger partial charge in [0.2, 0.25) is 0 Å². The van der Waals surface area contributed by atoms with E-state index in [2.05, 4.69) is 0 Å². The molecule has 0 unspecified atom stereocenters. The van der Waals surface area contributed by atoms with E-state index in [0.717, 1.165) is 25.9 Å². The molecule has 22 heavy (non-hydrogen) atoms. The van der Waals surface area contributed by atoms with Crippen molar-refractivity contribution in [1.29, 1.82) is 0 Å². The standard InChI is InChI=1S/C16H24BF2NO2/c1-15(2,21)16(3,4)22-17-14-12(18)9-11(10-13(14)19)20-7-5-6-8-20/h9-10,17,21H,5-8H2,1-4H3. The maximum atomic E-state index is 14.2. The van der Waals surface area contributed by atoms with E-state index < -0.39 is 22.8 Å². The normalized spacial score (nSPS) is 16.2. The maximum absolute atomic E-state index is 14.2. The van der Waals surface area contributed by atoms with Crippen molar-refractivity contribution in [3.8, 4) is 0 Å². The van der Waals surface area contributed by atoms with Gasteiger partial charge in [-0.2, -0.15) is 0 Å². The summed E-state index contributed by atoms with van der Waals surface area (Å²) in [5.74, 6) is -1.21. The number of rotatable bonds is 5. The highest BCUT2D eigenvalue weighted by atomic mass is 19.1. The van der Waals surface area contributed by atoms with Gasteiger partial charge in [-0.1, -0.05) is 0 Å². The van der Waals surface area contributed by atoms with Gasteiger partial charge < -0.3 is 14.7 Å². The molecule has 2 rings (SSSR count). The van der Waals surface area contributed by atoms with Crippen LogP contribution in [0.1, 0.15) is 40.5 Å². The van der Waals surface area contributed by atoms with E-state index in [1.165, 1.54) is 12.1 Å². The predicted octanol–water partition coefficient (Wildman–Crippen LogP) is 2.11. The molecule has 0 bridgehead atoms. The van der Waals surface area contributed by atoms with Gasteiger partial charge in [-0.05, 0) is 52.7 Å². The zero-order valence-corrected chi connectivity index (χ0v) is 13.7. The third-order valence-corrected chi connectivity index (χ3v) is 4.65. The lowest BCUT2D eigenvalue weighted by Gasteiger charge is -2.37. The fourth-order valence-corrected chi connectivity index (χ4v) is 2.31. The number of nitrogens with zero attached hydrogens (tertiary/aromatic N) is 1. The Morgan fingerprint density at radius 2 is 1.59 bits per heavy atom. The minimum atomic E-state index is -1.12. The lowest BCUT2D eigenvalue weighted by atomic mass is 9.82. The minimum Gasteiger partial charge on any atom is -0.427 e.